The van der Waals surface area contributed by atoms with Crippen LogP contribution in [0.15, 0.2) is 21.4 Å². The molecule has 0 aliphatic carbocycles. The molecule has 0 heterocycles. The van der Waals surface area contributed by atoms with Gasteiger partial charge in [-0.1, -0.05) is 0 Å². The summed E-state index contributed by atoms with van der Waals surface area (Å²) in [7, 11) is 0. The van der Waals surface area contributed by atoms with Crippen LogP contribution in [0.25, 0.3) is 0 Å². The van der Waals surface area contributed by atoms with Gasteiger partial charge in [-0.3, -0.25) is 0 Å². The summed E-state index contributed by atoms with van der Waals surface area (Å²) >= 11 is 0. The van der Waals surface area contributed by atoms with Gasteiger partial charge in [0.25, 0.3) is 0 Å². The van der Waals surface area contributed by atoms with E-state index in [1.807, 2.05) is 0 Å². The Balaban J connectivity index is -0.0000000213. The first kappa shape index (κ1) is 30.0. The molecule has 0 radical (unpaired) electrons. The molecule has 12 nitrogen and oxygen atoms in total. The molecule has 13 heteroatoms. The van der Waals surface area contributed by atoms with Gasteiger partial charge in [-0.25, -0.2) is 0 Å². The van der Waals surface area contributed by atoms with E-state index in [1.54, 1.807) is 0 Å². The topological polar surface area (TPSA) is 210 Å². The van der Waals surface area contributed by atoms with Crippen LogP contribution in [0.2, 0.25) is 0 Å². The summed E-state index contributed by atoms with van der Waals surface area (Å²) in [5.41, 5.74) is 0. The molecule has 0 spiro atoms. The van der Waals surface area contributed by atoms with Crippen LogP contribution >= 0.6 is 0 Å². The molecule has 0 bridgehead atoms. The molecule has 0 unspecified atom stereocenters. The van der Waals surface area contributed by atoms with Gasteiger partial charge >= 0.3 is 26.2 Å². The van der Waals surface area contributed by atoms with Crippen LogP contribution in [0.4, 0.5) is 0 Å². The second-order valence-electron chi connectivity index (χ2n) is 0.298. The zero-order chi connectivity index (χ0) is 10.8. The Morgan fingerprint density at radius 2 is 0.538 bits per heavy atom. The third kappa shape index (κ3) is 328. The molecule has 0 N–H and O–H groups in total. The van der Waals surface area contributed by atoms with Gasteiger partial charge in [0.05, 0.1) is 0 Å². The van der Waals surface area contributed by atoms with Crippen molar-refractivity contribution in [2.75, 3.05) is 0 Å². The third-order valence-corrected chi connectivity index (χ3v) is 0. The minimum atomic E-state index is 0. The Morgan fingerprint density at radius 3 is 0.538 bits per heavy atom. The zero-order valence-corrected chi connectivity index (χ0v) is 8.01. The summed E-state index contributed by atoms with van der Waals surface area (Å²) in [6.07, 6.45) is 0. The summed E-state index contributed by atoms with van der Waals surface area (Å²) in [4.78, 5) is 32.0. The summed E-state index contributed by atoms with van der Waals surface area (Å²) in [5, 5.41) is 36.0. The second kappa shape index (κ2) is 153. The van der Waals surface area contributed by atoms with E-state index < -0.39 is 0 Å². The quantitative estimate of drug-likeness (QED) is 0.458. The smallest absolute Gasteiger partial charge is 0.444 e. The SMILES string of the molecule is O=N[O-].O=N[O-].O=N[O-].O=N[O-].[Zr+4]. The molecule has 0 aromatic heterocycles. The van der Waals surface area contributed by atoms with Crippen LogP contribution in [0.3, 0.4) is 0 Å². The average Bonchev–Trinajstić information content (AvgIpc) is 1.92. The number of nitrogens with zero attached hydrogens (tertiary/aromatic N) is 4. The molecule has 0 rings (SSSR count). The van der Waals surface area contributed by atoms with Crippen LogP contribution in [0.5, 0.6) is 0 Å². The first-order valence-corrected chi connectivity index (χ1v) is 1.46. The van der Waals surface area contributed by atoms with Crippen LogP contribution in [-0.2, 0) is 26.2 Å². The Kier molecular flexibility index (Phi) is 353. The number of hydrogen-bond donors (Lipinski definition) is 0. The van der Waals surface area contributed by atoms with Crippen molar-refractivity contribution in [3.05, 3.63) is 40.5 Å². The van der Waals surface area contributed by atoms with Gasteiger partial charge in [0, 0.05) is 0 Å². The second-order valence-corrected chi connectivity index (χ2v) is 0.298. The molecule has 0 aromatic carbocycles. The molecule has 0 amide bonds. The number of hydrogen-bond acceptors (Lipinski definition) is 12. The first-order valence-electron chi connectivity index (χ1n) is 1.46. The van der Waals surface area contributed by atoms with Crippen LogP contribution in [0, 0.1) is 40.5 Å². The maximum Gasteiger partial charge on any atom is 4.00 e. The van der Waals surface area contributed by atoms with E-state index in [0.29, 0.717) is 0 Å². The first-order chi connectivity index (χ1) is 5.66. The van der Waals surface area contributed by atoms with Crippen molar-refractivity contribution in [1.82, 2.24) is 0 Å². The molecule has 0 fully saturated rings. The monoisotopic (exact) mass is 274 g/mol. The number of rotatable bonds is 0. The fraction of sp³-hybridized carbons (Fsp3) is 0. The molecule has 72 valence electrons. The summed E-state index contributed by atoms with van der Waals surface area (Å²) in [6, 6.07) is 0. The standard InChI is InChI=1S/4HNO2.Zr/c4*2-1-3;/h4*(H,2,3);/q;;;;+4/p-4. The van der Waals surface area contributed by atoms with Gasteiger partial charge in [0.15, 0.2) is 0 Å². The van der Waals surface area contributed by atoms with Crippen molar-refractivity contribution in [2.24, 2.45) is 21.4 Å². The molecule has 13 heavy (non-hydrogen) atoms. The van der Waals surface area contributed by atoms with Gasteiger partial charge in [-0.05, 0) is 0 Å². The van der Waals surface area contributed by atoms with Gasteiger partial charge in [-0.2, -0.15) is 0 Å². The van der Waals surface area contributed by atoms with Crippen LogP contribution in [0.1, 0.15) is 0 Å². The van der Waals surface area contributed by atoms with Gasteiger partial charge in [-0.15, -0.1) is 21.4 Å². The van der Waals surface area contributed by atoms with Gasteiger partial charge < -0.3 is 40.5 Å². The van der Waals surface area contributed by atoms with E-state index >= 15 is 0 Å². The molecular formula is N4O8Zr. The average molecular weight is 275 g/mol. The van der Waals surface area contributed by atoms with Crippen molar-refractivity contribution < 1.29 is 26.2 Å². The molecule has 0 saturated carbocycles. The molecule has 0 aliphatic rings. The van der Waals surface area contributed by atoms with Crippen molar-refractivity contribution in [3.63, 3.8) is 0 Å². The van der Waals surface area contributed by atoms with Crippen LogP contribution < -0.4 is 0 Å². The Morgan fingerprint density at radius 1 is 0.538 bits per heavy atom. The molecule has 0 aliphatic heterocycles. The van der Waals surface area contributed by atoms with Gasteiger partial charge in [0.1, 0.15) is 0 Å². The Bertz CT molecular complexity index is 70.1. The summed E-state index contributed by atoms with van der Waals surface area (Å²) in [5.74, 6) is 0. The Hall–Kier alpha value is -1.52. The minimum Gasteiger partial charge on any atom is -0.444 e. The molecule has 0 atom stereocenters. The van der Waals surface area contributed by atoms with E-state index in [1.165, 1.54) is 0 Å². The molecule has 0 saturated heterocycles. The molecular weight excluding hydrogens is 275 g/mol. The van der Waals surface area contributed by atoms with E-state index in [0.717, 1.165) is 21.4 Å². The summed E-state index contributed by atoms with van der Waals surface area (Å²) in [6.45, 7) is 0. The van der Waals surface area contributed by atoms with E-state index in [2.05, 4.69) is 0 Å². The predicted molar refractivity (Wildman–Crippen MR) is 36.6 cm³/mol. The van der Waals surface area contributed by atoms with Crippen molar-refractivity contribution in [2.45, 2.75) is 0 Å². The Labute approximate surface area is 88.4 Å². The fourth-order valence-electron chi connectivity index (χ4n) is 0. The zero-order valence-electron chi connectivity index (χ0n) is 5.55. The van der Waals surface area contributed by atoms with E-state index in [-0.39, 0.29) is 26.2 Å². The fourth-order valence-corrected chi connectivity index (χ4v) is 0. The van der Waals surface area contributed by atoms with Crippen LogP contribution in [-0.4, -0.2) is 0 Å². The van der Waals surface area contributed by atoms with E-state index in [9.17, 15) is 0 Å². The summed E-state index contributed by atoms with van der Waals surface area (Å²) < 4.78 is 0. The van der Waals surface area contributed by atoms with Crippen molar-refractivity contribution >= 4 is 0 Å². The van der Waals surface area contributed by atoms with Crippen molar-refractivity contribution in [1.29, 1.82) is 0 Å². The maximum absolute atomic E-state index is 8.00. The third-order valence-electron chi connectivity index (χ3n) is 0. The normalized spacial score (nSPS) is 3.69. The largest absolute Gasteiger partial charge is 4.00 e. The predicted octanol–water partition coefficient (Wildman–Crippen LogP) is 1.000. The van der Waals surface area contributed by atoms with Crippen molar-refractivity contribution in [3.8, 4) is 0 Å². The molecule has 0 aromatic rings. The van der Waals surface area contributed by atoms with E-state index in [4.69, 9.17) is 40.5 Å². The van der Waals surface area contributed by atoms with Gasteiger partial charge in [0.2, 0.25) is 0 Å². The maximum atomic E-state index is 8.00. The minimum absolute atomic E-state index is 0.